The second kappa shape index (κ2) is 7.17. The van der Waals surface area contributed by atoms with Crippen LogP contribution < -0.4 is 15.2 Å². The molecule has 17 heavy (non-hydrogen) atoms. The Morgan fingerprint density at radius 3 is 2.24 bits per heavy atom. The highest BCUT2D eigenvalue weighted by molar-refractivity contribution is 5.31. The summed E-state index contributed by atoms with van der Waals surface area (Å²) in [6.07, 6.45) is 1.96. The Balaban J connectivity index is 2.50. The molecule has 1 rings (SSSR count). The topological polar surface area (TPSA) is 44.5 Å². The van der Waals surface area contributed by atoms with Crippen LogP contribution in [0.1, 0.15) is 33.6 Å². The Hall–Kier alpha value is -1.22. The average Bonchev–Trinajstić information content (AvgIpc) is 2.37. The molecule has 3 nitrogen and oxygen atoms in total. The molecule has 0 spiro atoms. The van der Waals surface area contributed by atoms with E-state index < -0.39 is 0 Å². The summed E-state index contributed by atoms with van der Waals surface area (Å²) in [5, 5.41) is 0. The molecule has 0 aliphatic carbocycles. The fourth-order valence-corrected chi connectivity index (χ4v) is 1.47. The van der Waals surface area contributed by atoms with Gasteiger partial charge in [-0.3, -0.25) is 0 Å². The fourth-order valence-electron chi connectivity index (χ4n) is 1.47. The van der Waals surface area contributed by atoms with Crippen molar-refractivity contribution in [3.8, 4) is 11.5 Å². The summed E-state index contributed by atoms with van der Waals surface area (Å²) in [6, 6.07) is 7.77. The number of nitrogens with two attached hydrogens (primary N) is 1. The van der Waals surface area contributed by atoms with Crippen LogP contribution in [0.3, 0.4) is 0 Å². The smallest absolute Gasteiger partial charge is 0.120 e. The summed E-state index contributed by atoms with van der Waals surface area (Å²) in [4.78, 5) is 0. The molecule has 1 aromatic rings. The Labute approximate surface area is 104 Å². The summed E-state index contributed by atoms with van der Waals surface area (Å²) in [6.45, 7) is 6.89. The molecule has 2 unspecified atom stereocenters. The maximum atomic E-state index is 5.91. The van der Waals surface area contributed by atoms with Crippen molar-refractivity contribution >= 4 is 0 Å². The first-order valence-electron chi connectivity index (χ1n) is 6.32. The zero-order valence-electron chi connectivity index (χ0n) is 11.0. The zero-order valence-corrected chi connectivity index (χ0v) is 11.0. The van der Waals surface area contributed by atoms with E-state index in [-0.39, 0.29) is 12.1 Å². The molecule has 0 heterocycles. The minimum atomic E-state index is 0.0300. The van der Waals surface area contributed by atoms with Crippen LogP contribution in [-0.4, -0.2) is 18.8 Å². The van der Waals surface area contributed by atoms with Crippen LogP contribution in [0.4, 0.5) is 0 Å². The summed E-state index contributed by atoms with van der Waals surface area (Å²) < 4.78 is 11.2. The molecular formula is C14H23NO2. The third kappa shape index (κ3) is 4.65. The predicted octanol–water partition coefficient (Wildman–Crippen LogP) is 2.98. The summed E-state index contributed by atoms with van der Waals surface area (Å²) in [5.41, 5.74) is 5.91. The van der Waals surface area contributed by atoms with E-state index in [1.807, 2.05) is 31.2 Å². The van der Waals surface area contributed by atoms with Gasteiger partial charge < -0.3 is 15.2 Å². The van der Waals surface area contributed by atoms with E-state index in [9.17, 15) is 0 Å². The lowest BCUT2D eigenvalue weighted by Crippen LogP contribution is -2.35. The van der Waals surface area contributed by atoms with E-state index in [4.69, 9.17) is 15.2 Å². The largest absolute Gasteiger partial charge is 0.494 e. The van der Waals surface area contributed by atoms with Gasteiger partial charge in [0.25, 0.3) is 0 Å². The highest BCUT2D eigenvalue weighted by Gasteiger charge is 2.11. The molecule has 0 saturated heterocycles. The number of rotatable bonds is 7. The van der Waals surface area contributed by atoms with Crippen LogP contribution in [0.5, 0.6) is 11.5 Å². The van der Waals surface area contributed by atoms with Gasteiger partial charge in [-0.15, -0.1) is 0 Å². The van der Waals surface area contributed by atoms with Gasteiger partial charge in [-0.1, -0.05) is 13.8 Å². The van der Waals surface area contributed by atoms with Crippen LogP contribution in [0.2, 0.25) is 0 Å². The predicted molar refractivity (Wildman–Crippen MR) is 70.6 cm³/mol. The maximum Gasteiger partial charge on any atom is 0.120 e. The van der Waals surface area contributed by atoms with Gasteiger partial charge in [0.05, 0.1) is 6.61 Å². The van der Waals surface area contributed by atoms with Gasteiger partial charge in [-0.05, 0) is 44.0 Å². The van der Waals surface area contributed by atoms with E-state index >= 15 is 0 Å². The van der Waals surface area contributed by atoms with Gasteiger partial charge in [0, 0.05) is 6.04 Å². The van der Waals surface area contributed by atoms with Crippen molar-refractivity contribution in [2.45, 2.75) is 45.8 Å². The first kappa shape index (κ1) is 13.8. The monoisotopic (exact) mass is 237 g/mol. The van der Waals surface area contributed by atoms with Crippen molar-refractivity contribution in [2.75, 3.05) is 6.61 Å². The molecule has 0 amide bonds. The van der Waals surface area contributed by atoms with E-state index in [1.165, 1.54) is 0 Å². The first-order chi connectivity index (χ1) is 8.17. The van der Waals surface area contributed by atoms with E-state index in [0.29, 0.717) is 0 Å². The molecule has 0 saturated carbocycles. The van der Waals surface area contributed by atoms with Crippen LogP contribution >= 0.6 is 0 Å². The third-order valence-electron chi connectivity index (χ3n) is 2.69. The van der Waals surface area contributed by atoms with Crippen molar-refractivity contribution in [1.82, 2.24) is 0 Å². The first-order valence-corrected chi connectivity index (χ1v) is 6.32. The molecule has 1 aromatic carbocycles. The van der Waals surface area contributed by atoms with Gasteiger partial charge in [0.15, 0.2) is 0 Å². The molecule has 3 heteroatoms. The fraction of sp³-hybridized carbons (Fsp3) is 0.571. The Kier molecular flexibility index (Phi) is 5.84. The number of ether oxygens (including phenoxy) is 2. The lowest BCUT2D eigenvalue weighted by Gasteiger charge is -2.20. The lowest BCUT2D eigenvalue weighted by atomic mass is 10.1. The highest BCUT2D eigenvalue weighted by atomic mass is 16.5. The van der Waals surface area contributed by atoms with E-state index in [1.54, 1.807) is 0 Å². The molecule has 96 valence electrons. The van der Waals surface area contributed by atoms with Crippen LogP contribution in [0.15, 0.2) is 24.3 Å². The minimum absolute atomic E-state index is 0.0300. The second-order valence-corrected chi connectivity index (χ2v) is 4.21. The zero-order chi connectivity index (χ0) is 12.7. The Morgan fingerprint density at radius 1 is 1.12 bits per heavy atom. The quantitative estimate of drug-likeness (QED) is 0.793. The molecule has 0 fully saturated rings. The third-order valence-corrected chi connectivity index (χ3v) is 2.69. The van der Waals surface area contributed by atoms with Gasteiger partial charge in [-0.25, -0.2) is 0 Å². The number of hydrogen-bond donors (Lipinski definition) is 1. The average molecular weight is 237 g/mol. The Morgan fingerprint density at radius 2 is 1.71 bits per heavy atom. The second-order valence-electron chi connectivity index (χ2n) is 4.21. The van der Waals surface area contributed by atoms with E-state index in [0.717, 1.165) is 30.9 Å². The molecule has 0 radical (unpaired) electrons. The molecule has 0 aliphatic heterocycles. The molecule has 2 atom stereocenters. The molecule has 2 N–H and O–H groups in total. The molecule has 0 aromatic heterocycles. The highest BCUT2D eigenvalue weighted by Crippen LogP contribution is 2.19. The van der Waals surface area contributed by atoms with Crippen LogP contribution in [0, 0.1) is 0 Å². The number of hydrogen-bond acceptors (Lipinski definition) is 3. The Bertz CT molecular complexity index is 311. The van der Waals surface area contributed by atoms with Crippen molar-refractivity contribution in [1.29, 1.82) is 0 Å². The summed E-state index contributed by atoms with van der Waals surface area (Å²) in [5.74, 6) is 1.72. The van der Waals surface area contributed by atoms with Crippen LogP contribution in [-0.2, 0) is 0 Å². The lowest BCUT2D eigenvalue weighted by molar-refractivity contribution is 0.187. The van der Waals surface area contributed by atoms with Gasteiger partial charge in [0.2, 0.25) is 0 Å². The molecule has 0 bridgehead atoms. The normalized spacial score (nSPS) is 14.1. The maximum absolute atomic E-state index is 5.91. The minimum Gasteiger partial charge on any atom is -0.494 e. The SMILES string of the molecule is CCCOc1ccc(OC(C)C(N)CC)cc1. The van der Waals surface area contributed by atoms with Crippen molar-refractivity contribution < 1.29 is 9.47 Å². The standard InChI is InChI=1S/C14H23NO2/c1-4-10-16-12-6-8-13(9-7-12)17-11(3)14(15)5-2/h6-9,11,14H,4-5,10,15H2,1-3H3. The van der Waals surface area contributed by atoms with E-state index in [2.05, 4.69) is 13.8 Å². The number of benzene rings is 1. The van der Waals surface area contributed by atoms with Crippen LogP contribution in [0.25, 0.3) is 0 Å². The van der Waals surface area contributed by atoms with Crippen molar-refractivity contribution in [3.63, 3.8) is 0 Å². The molecular weight excluding hydrogens is 214 g/mol. The molecule has 0 aliphatic rings. The summed E-state index contributed by atoms with van der Waals surface area (Å²) >= 11 is 0. The van der Waals surface area contributed by atoms with Gasteiger partial charge in [0.1, 0.15) is 17.6 Å². The van der Waals surface area contributed by atoms with Gasteiger partial charge >= 0.3 is 0 Å². The summed E-state index contributed by atoms with van der Waals surface area (Å²) in [7, 11) is 0. The van der Waals surface area contributed by atoms with Crippen molar-refractivity contribution in [3.05, 3.63) is 24.3 Å². The van der Waals surface area contributed by atoms with Gasteiger partial charge in [-0.2, -0.15) is 0 Å². The van der Waals surface area contributed by atoms with Crippen molar-refractivity contribution in [2.24, 2.45) is 5.73 Å².